The summed E-state index contributed by atoms with van der Waals surface area (Å²) in [5, 5.41) is 7.11. The number of amides is 1. The Labute approximate surface area is 146 Å². The van der Waals surface area contributed by atoms with E-state index in [0.29, 0.717) is 24.2 Å². The summed E-state index contributed by atoms with van der Waals surface area (Å²) in [5.74, 6) is -0.239. The summed E-state index contributed by atoms with van der Waals surface area (Å²) in [6.07, 6.45) is 2.02. The Morgan fingerprint density at radius 1 is 1.38 bits per heavy atom. The van der Waals surface area contributed by atoms with Crippen molar-refractivity contribution in [3.63, 3.8) is 0 Å². The molecule has 3 rings (SSSR count). The first-order valence-corrected chi connectivity index (χ1v) is 7.78. The van der Waals surface area contributed by atoms with Crippen molar-refractivity contribution in [2.45, 2.75) is 18.4 Å². The standard InChI is InChI=1S/C17H21N3O3.ClH/c1-23-11-17(7-4-8-19-17)10-18-16(22)13-9-15(21)20-14-6-3-2-5-12(13)14;/h2-3,5-6,9,19H,4,7-8,10-11H2,1H3,(H,18,22)(H,20,21);1H. The van der Waals surface area contributed by atoms with E-state index in [-0.39, 0.29) is 29.4 Å². The van der Waals surface area contributed by atoms with Crippen LogP contribution in [0, 0.1) is 0 Å². The smallest absolute Gasteiger partial charge is 0.252 e. The number of carbonyl (C=O) groups excluding carboxylic acids is 1. The number of pyridine rings is 1. The second-order valence-electron chi connectivity index (χ2n) is 6.02. The Morgan fingerprint density at radius 2 is 2.17 bits per heavy atom. The van der Waals surface area contributed by atoms with Gasteiger partial charge in [0.2, 0.25) is 5.56 Å². The molecule has 0 radical (unpaired) electrons. The average molecular weight is 352 g/mol. The predicted octanol–water partition coefficient (Wildman–Crippen LogP) is 1.45. The van der Waals surface area contributed by atoms with Crippen LogP contribution >= 0.6 is 12.4 Å². The van der Waals surface area contributed by atoms with E-state index in [2.05, 4.69) is 15.6 Å². The van der Waals surface area contributed by atoms with Crippen LogP contribution in [0.5, 0.6) is 0 Å². The number of rotatable bonds is 5. The van der Waals surface area contributed by atoms with Crippen molar-refractivity contribution in [3.8, 4) is 0 Å². The predicted molar refractivity (Wildman–Crippen MR) is 96.0 cm³/mol. The summed E-state index contributed by atoms with van der Waals surface area (Å²) in [4.78, 5) is 27.1. The largest absolute Gasteiger partial charge is 0.383 e. The van der Waals surface area contributed by atoms with Crippen LogP contribution in [0.15, 0.2) is 35.1 Å². The molecule has 1 unspecified atom stereocenters. The molecule has 1 aromatic heterocycles. The number of nitrogens with one attached hydrogen (secondary N) is 3. The quantitative estimate of drug-likeness (QED) is 0.761. The highest BCUT2D eigenvalue weighted by molar-refractivity contribution is 6.05. The Balaban J connectivity index is 0.00000208. The fourth-order valence-electron chi connectivity index (χ4n) is 3.21. The number of aromatic amines is 1. The lowest BCUT2D eigenvalue weighted by molar-refractivity contribution is 0.0893. The minimum atomic E-state index is -0.278. The van der Waals surface area contributed by atoms with Crippen LogP contribution < -0.4 is 16.2 Å². The number of hydrogen-bond donors (Lipinski definition) is 3. The summed E-state index contributed by atoms with van der Waals surface area (Å²) in [7, 11) is 1.66. The molecule has 130 valence electrons. The molecule has 1 atom stereocenters. The first kappa shape index (κ1) is 18.4. The Hall–Kier alpha value is -1.89. The number of aromatic nitrogens is 1. The molecule has 1 fully saturated rings. The minimum Gasteiger partial charge on any atom is -0.383 e. The van der Waals surface area contributed by atoms with E-state index in [0.717, 1.165) is 24.8 Å². The third-order valence-electron chi connectivity index (χ3n) is 4.34. The first-order valence-electron chi connectivity index (χ1n) is 7.78. The molecule has 7 heteroatoms. The van der Waals surface area contributed by atoms with Crippen molar-refractivity contribution in [2.24, 2.45) is 0 Å². The van der Waals surface area contributed by atoms with Gasteiger partial charge in [-0.3, -0.25) is 9.59 Å². The van der Waals surface area contributed by atoms with Gasteiger partial charge in [-0.15, -0.1) is 12.4 Å². The van der Waals surface area contributed by atoms with Gasteiger partial charge in [0, 0.05) is 30.6 Å². The third kappa shape index (κ3) is 3.77. The molecular weight excluding hydrogens is 330 g/mol. The summed E-state index contributed by atoms with van der Waals surface area (Å²) >= 11 is 0. The van der Waals surface area contributed by atoms with Crippen LogP contribution in [0.25, 0.3) is 10.9 Å². The van der Waals surface area contributed by atoms with Crippen LogP contribution in [0.1, 0.15) is 23.2 Å². The van der Waals surface area contributed by atoms with Crippen LogP contribution in [0.4, 0.5) is 0 Å². The number of halogens is 1. The fourth-order valence-corrected chi connectivity index (χ4v) is 3.21. The molecule has 1 aromatic carbocycles. The van der Waals surface area contributed by atoms with Gasteiger partial charge in [0.05, 0.1) is 17.7 Å². The summed E-state index contributed by atoms with van der Waals surface area (Å²) in [6, 6.07) is 8.65. The van der Waals surface area contributed by atoms with E-state index in [1.165, 1.54) is 6.07 Å². The van der Waals surface area contributed by atoms with E-state index in [1.54, 1.807) is 13.2 Å². The van der Waals surface area contributed by atoms with Crippen LogP contribution in [0.2, 0.25) is 0 Å². The molecule has 0 saturated carbocycles. The Kier molecular flexibility index (Phi) is 5.99. The lowest BCUT2D eigenvalue weighted by atomic mass is 9.98. The van der Waals surface area contributed by atoms with E-state index >= 15 is 0 Å². The molecule has 1 amide bonds. The fraction of sp³-hybridized carbons (Fsp3) is 0.412. The van der Waals surface area contributed by atoms with Gasteiger partial charge in [0.25, 0.3) is 5.91 Å². The normalized spacial score (nSPS) is 19.9. The summed E-state index contributed by atoms with van der Waals surface area (Å²) in [5.41, 5.74) is 0.562. The second kappa shape index (κ2) is 7.79. The number of ether oxygens (including phenoxy) is 1. The van der Waals surface area contributed by atoms with Gasteiger partial charge < -0.3 is 20.4 Å². The number of H-pyrrole nitrogens is 1. The Bertz CT molecular complexity index is 769. The number of hydrogen-bond acceptors (Lipinski definition) is 4. The minimum absolute atomic E-state index is 0. The highest BCUT2D eigenvalue weighted by atomic mass is 35.5. The van der Waals surface area contributed by atoms with Crippen molar-refractivity contribution < 1.29 is 9.53 Å². The van der Waals surface area contributed by atoms with E-state index in [4.69, 9.17) is 4.74 Å². The van der Waals surface area contributed by atoms with Crippen LogP contribution in [-0.2, 0) is 4.74 Å². The molecule has 6 nitrogen and oxygen atoms in total. The maximum Gasteiger partial charge on any atom is 0.252 e. The zero-order chi connectivity index (χ0) is 16.3. The number of carbonyl (C=O) groups is 1. The van der Waals surface area contributed by atoms with E-state index < -0.39 is 0 Å². The van der Waals surface area contributed by atoms with Gasteiger partial charge >= 0.3 is 0 Å². The van der Waals surface area contributed by atoms with E-state index in [1.807, 2.05) is 18.2 Å². The van der Waals surface area contributed by atoms with Crippen LogP contribution in [-0.4, -0.2) is 43.2 Å². The molecule has 2 heterocycles. The number of benzene rings is 1. The Morgan fingerprint density at radius 3 is 2.88 bits per heavy atom. The maximum absolute atomic E-state index is 12.6. The molecule has 0 spiro atoms. The highest BCUT2D eigenvalue weighted by Crippen LogP contribution is 2.19. The average Bonchev–Trinajstić information content (AvgIpc) is 3.01. The van der Waals surface area contributed by atoms with Crippen molar-refractivity contribution in [1.29, 1.82) is 0 Å². The molecule has 0 aliphatic carbocycles. The van der Waals surface area contributed by atoms with Gasteiger partial charge in [-0.05, 0) is 25.5 Å². The van der Waals surface area contributed by atoms with Gasteiger partial charge in [-0.1, -0.05) is 18.2 Å². The zero-order valence-corrected chi connectivity index (χ0v) is 14.4. The molecule has 2 aromatic rings. The maximum atomic E-state index is 12.6. The van der Waals surface area contributed by atoms with E-state index in [9.17, 15) is 9.59 Å². The zero-order valence-electron chi connectivity index (χ0n) is 13.6. The van der Waals surface area contributed by atoms with Crippen molar-refractivity contribution in [2.75, 3.05) is 26.8 Å². The molecule has 3 N–H and O–H groups in total. The number of fused-ring (bicyclic) bond motifs is 1. The SMILES string of the molecule is COCC1(CNC(=O)c2cc(=O)[nH]c3ccccc23)CCCN1.Cl. The summed E-state index contributed by atoms with van der Waals surface area (Å²) < 4.78 is 5.29. The molecule has 0 bridgehead atoms. The molecule has 24 heavy (non-hydrogen) atoms. The molecule has 1 aliphatic rings. The lowest BCUT2D eigenvalue weighted by Gasteiger charge is -2.29. The van der Waals surface area contributed by atoms with Gasteiger partial charge in [0.1, 0.15) is 0 Å². The third-order valence-corrected chi connectivity index (χ3v) is 4.34. The summed E-state index contributed by atoms with van der Waals surface area (Å²) in [6.45, 7) is 1.94. The highest BCUT2D eigenvalue weighted by Gasteiger charge is 2.33. The first-order chi connectivity index (χ1) is 11.1. The van der Waals surface area contributed by atoms with Crippen molar-refractivity contribution >= 4 is 29.2 Å². The lowest BCUT2D eigenvalue weighted by Crippen LogP contribution is -2.53. The second-order valence-corrected chi connectivity index (χ2v) is 6.02. The molecule has 1 saturated heterocycles. The van der Waals surface area contributed by atoms with Crippen molar-refractivity contribution in [3.05, 3.63) is 46.2 Å². The van der Waals surface area contributed by atoms with Gasteiger partial charge in [0.15, 0.2) is 0 Å². The number of para-hydroxylation sites is 1. The monoisotopic (exact) mass is 351 g/mol. The van der Waals surface area contributed by atoms with Crippen molar-refractivity contribution in [1.82, 2.24) is 15.6 Å². The topological polar surface area (TPSA) is 83.2 Å². The molecular formula is C17H22ClN3O3. The van der Waals surface area contributed by atoms with Gasteiger partial charge in [-0.25, -0.2) is 0 Å². The number of methoxy groups -OCH3 is 1. The van der Waals surface area contributed by atoms with Gasteiger partial charge in [-0.2, -0.15) is 0 Å². The molecule has 1 aliphatic heterocycles. The van der Waals surface area contributed by atoms with Crippen LogP contribution in [0.3, 0.4) is 0 Å².